The summed E-state index contributed by atoms with van der Waals surface area (Å²) in [4.78, 5) is 0.131. The van der Waals surface area contributed by atoms with Crippen molar-refractivity contribution in [2.24, 2.45) is 0 Å². The first kappa shape index (κ1) is 16.7. The lowest BCUT2D eigenvalue weighted by Gasteiger charge is -2.07. The summed E-state index contributed by atoms with van der Waals surface area (Å²) < 4.78 is 42.1. The zero-order valence-corrected chi connectivity index (χ0v) is 14.5. The van der Waals surface area contributed by atoms with Crippen LogP contribution >= 0.6 is 15.9 Å². The van der Waals surface area contributed by atoms with Crippen LogP contribution in [0.1, 0.15) is 5.82 Å². The van der Waals surface area contributed by atoms with Gasteiger partial charge in [0.1, 0.15) is 5.82 Å². The van der Waals surface area contributed by atoms with Crippen molar-refractivity contribution in [3.63, 3.8) is 0 Å². The van der Waals surface area contributed by atoms with Gasteiger partial charge in [-0.25, -0.2) is 17.5 Å². The summed E-state index contributed by atoms with van der Waals surface area (Å²) >= 11 is 3.25. The number of aromatic nitrogens is 4. The molecule has 0 fully saturated rings. The van der Waals surface area contributed by atoms with Gasteiger partial charge in [0.2, 0.25) is 10.0 Å². The number of tetrazole rings is 1. The van der Waals surface area contributed by atoms with E-state index in [2.05, 4.69) is 36.2 Å². The normalized spacial score (nSPS) is 11.6. The van der Waals surface area contributed by atoms with E-state index < -0.39 is 10.0 Å². The van der Waals surface area contributed by atoms with E-state index in [4.69, 9.17) is 0 Å². The van der Waals surface area contributed by atoms with Gasteiger partial charge in [-0.1, -0.05) is 15.9 Å². The second-order valence-corrected chi connectivity index (χ2v) is 7.44. The van der Waals surface area contributed by atoms with E-state index in [1.54, 1.807) is 12.1 Å². The van der Waals surface area contributed by atoms with Gasteiger partial charge < -0.3 is 0 Å². The first-order valence-corrected chi connectivity index (χ1v) is 9.02. The van der Waals surface area contributed by atoms with Crippen LogP contribution in [0.15, 0.2) is 57.9 Å². The average Bonchev–Trinajstić information content (AvgIpc) is 3.03. The number of benzene rings is 2. The number of hydrogen-bond donors (Lipinski definition) is 1. The molecule has 7 nitrogen and oxygen atoms in total. The van der Waals surface area contributed by atoms with Crippen molar-refractivity contribution < 1.29 is 12.8 Å². The number of nitrogens with zero attached hydrogens (tertiary/aromatic N) is 4. The topological polar surface area (TPSA) is 89.8 Å². The Kier molecular flexibility index (Phi) is 4.69. The Labute approximate surface area is 145 Å². The van der Waals surface area contributed by atoms with Gasteiger partial charge in [-0.2, -0.15) is 4.68 Å². The summed E-state index contributed by atoms with van der Waals surface area (Å²) in [7, 11) is -3.70. The molecule has 0 spiro atoms. The minimum absolute atomic E-state index is 0.108. The predicted molar refractivity (Wildman–Crippen MR) is 87.3 cm³/mol. The molecule has 10 heteroatoms. The fraction of sp³-hybridized carbons (Fsp3) is 0.0714. The molecule has 0 atom stereocenters. The second-order valence-electron chi connectivity index (χ2n) is 4.76. The van der Waals surface area contributed by atoms with Crippen LogP contribution < -0.4 is 4.72 Å². The molecule has 3 rings (SSSR count). The van der Waals surface area contributed by atoms with Crippen LogP contribution in [0.3, 0.4) is 0 Å². The van der Waals surface area contributed by atoms with E-state index in [-0.39, 0.29) is 23.1 Å². The van der Waals surface area contributed by atoms with Crippen molar-refractivity contribution in [3.8, 4) is 5.69 Å². The first-order chi connectivity index (χ1) is 11.5. The molecule has 2 aromatic carbocycles. The van der Waals surface area contributed by atoms with Crippen molar-refractivity contribution in [3.05, 3.63) is 64.6 Å². The van der Waals surface area contributed by atoms with Crippen LogP contribution in [0.2, 0.25) is 0 Å². The lowest BCUT2D eigenvalue weighted by molar-refractivity contribution is 0.578. The minimum Gasteiger partial charge on any atom is -0.207 e. The highest BCUT2D eigenvalue weighted by molar-refractivity contribution is 9.10. The summed E-state index contributed by atoms with van der Waals surface area (Å²) in [5.74, 6) is -0.105. The summed E-state index contributed by atoms with van der Waals surface area (Å²) in [5.41, 5.74) is 0.527. The number of nitrogens with one attached hydrogen (secondary N) is 1. The van der Waals surface area contributed by atoms with Gasteiger partial charge in [0.15, 0.2) is 5.82 Å². The number of halogens is 2. The SMILES string of the molecule is O=S(=O)(NCc1nnnn1-c1ccc(F)cc1)c1ccc(Br)cc1. The van der Waals surface area contributed by atoms with Crippen molar-refractivity contribution in [1.29, 1.82) is 0 Å². The van der Waals surface area contributed by atoms with Crippen molar-refractivity contribution in [2.75, 3.05) is 0 Å². The minimum atomic E-state index is -3.70. The van der Waals surface area contributed by atoms with Gasteiger partial charge >= 0.3 is 0 Å². The van der Waals surface area contributed by atoms with Crippen LogP contribution in [0.4, 0.5) is 4.39 Å². The summed E-state index contributed by atoms with van der Waals surface area (Å²) in [6.45, 7) is -0.108. The van der Waals surface area contributed by atoms with Gasteiger partial charge in [0.05, 0.1) is 17.1 Å². The highest BCUT2D eigenvalue weighted by Crippen LogP contribution is 2.15. The van der Waals surface area contributed by atoms with Gasteiger partial charge in [-0.05, 0) is 59.0 Å². The van der Waals surface area contributed by atoms with E-state index in [1.807, 2.05) is 0 Å². The molecule has 0 amide bonds. The van der Waals surface area contributed by atoms with Crippen molar-refractivity contribution >= 4 is 26.0 Å². The van der Waals surface area contributed by atoms with E-state index in [0.29, 0.717) is 5.69 Å². The maximum Gasteiger partial charge on any atom is 0.240 e. The molecule has 3 aromatic rings. The molecule has 0 bridgehead atoms. The molecule has 0 unspecified atom stereocenters. The molecular weight excluding hydrogens is 401 g/mol. The Bertz CT molecular complexity index is 942. The Balaban J connectivity index is 1.79. The Hall–Kier alpha value is -2.17. The standard InChI is InChI=1S/C14H11BrFN5O2S/c15-10-1-7-13(8-2-10)24(22,23)17-9-14-18-19-20-21(14)12-5-3-11(16)4-6-12/h1-8,17H,9H2. The zero-order valence-electron chi connectivity index (χ0n) is 12.1. The third kappa shape index (κ3) is 3.66. The monoisotopic (exact) mass is 411 g/mol. The Morgan fingerprint density at radius 2 is 1.75 bits per heavy atom. The zero-order chi connectivity index (χ0) is 17.2. The van der Waals surface area contributed by atoms with E-state index >= 15 is 0 Å². The second kappa shape index (κ2) is 6.75. The van der Waals surface area contributed by atoms with Crippen LogP contribution in [0.25, 0.3) is 5.69 Å². The first-order valence-electron chi connectivity index (χ1n) is 6.74. The number of sulfonamides is 1. The molecule has 0 saturated carbocycles. The predicted octanol–water partition coefficient (Wildman–Crippen LogP) is 2.04. The van der Waals surface area contributed by atoms with E-state index in [1.165, 1.54) is 41.1 Å². The lowest BCUT2D eigenvalue weighted by atomic mass is 10.3. The van der Waals surface area contributed by atoms with Crippen LogP contribution in [0, 0.1) is 5.82 Å². The molecule has 1 N–H and O–H groups in total. The van der Waals surface area contributed by atoms with Crippen LogP contribution in [-0.2, 0) is 16.6 Å². The highest BCUT2D eigenvalue weighted by atomic mass is 79.9. The maximum absolute atomic E-state index is 13.0. The quantitative estimate of drug-likeness (QED) is 0.693. The van der Waals surface area contributed by atoms with E-state index in [9.17, 15) is 12.8 Å². The van der Waals surface area contributed by atoms with Gasteiger partial charge in [0, 0.05) is 4.47 Å². The lowest BCUT2D eigenvalue weighted by Crippen LogP contribution is -2.25. The molecule has 0 aliphatic rings. The molecule has 0 aliphatic heterocycles. The third-order valence-electron chi connectivity index (χ3n) is 3.15. The summed E-state index contributed by atoms with van der Waals surface area (Å²) in [6, 6.07) is 11.8. The Morgan fingerprint density at radius 1 is 1.08 bits per heavy atom. The van der Waals surface area contributed by atoms with Crippen molar-refractivity contribution in [1.82, 2.24) is 24.9 Å². The molecule has 1 aromatic heterocycles. The molecule has 1 heterocycles. The summed E-state index contributed by atoms with van der Waals surface area (Å²) in [5, 5.41) is 11.1. The smallest absolute Gasteiger partial charge is 0.207 e. The molecule has 0 radical (unpaired) electrons. The average molecular weight is 412 g/mol. The molecule has 124 valence electrons. The molecule has 24 heavy (non-hydrogen) atoms. The molecule has 0 aliphatic carbocycles. The molecule has 0 saturated heterocycles. The van der Waals surface area contributed by atoms with Crippen LogP contribution in [-0.4, -0.2) is 28.6 Å². The Morgan fingerprint density at radius 3 is 2.42 bits per heavy atom. The van der Waals surface area contributed by atoms with Gasteiger partial charge in [-0.3, -0.25) is 0 Å². The largest absolute Gasteiger partial charge is 0.240 e. The fourth-order valence-electron chi connectivity index (χ4n) is 1.96. The summed E-state index contributed by atoms with van der Waals surface area (Å²) in [6.07, 6.45) is 0. The van der Waals surface area contributed by atoms with E-state index in [0.717, 1.165) is 4.47 Å². The maximum atomic E-state index is 13.0. The molecular formula is C14H11BrFN5O2S. The third-order valence-corrected chi connectivity index (χ3v) is 5.10. The number of hydrogen-bond acceptors (Lipinski definition) is 5. The number of rotatable bonds is 5. The van der Waals surface area contributed by atoms with Crippen molar-refractivity contribution in [2.45, 2.75) is 11.4 Å². The fourth-order valence-corrected chi connectivity index (χ4v) is 3.20. The van der Waals surface area contributed by atoms with Gasteiger partial charge in [0.25, 0.3) is 0 Å². The van der Waals surface area contributed by atoms with Crippen LogP contribution in [0.5, 0.6) is 0 Å². The van der Waals surface area contributed by atoms with Gasteiger partial charge in [-0.15, -0.1) is 5.10 Å². The highest BCUT2D eigenvalue weighted by Gasteiger charge is 2.16.